The van der Waals surface area contributed by atoms with E-state index in [0.717, 1.165) is 0 Å². The van der Waals surface area contributed by atoms with Gasteiger partial charge in [-0.1, -0.05) is 37.6 Å². The third-order valence-electron chi connectivity index (χ3n) is 3.97. The fourth-order valence-corrected chi connectivity index (χ4v) is 4.93. The highest BCUT2D eigenvalue weighted by Gasteiger charge is 2.56. The van der Waals surface area contributed by atoms with Gasteiger partial charge in [0.15, 0.2) is 14.6 Å². The van der Waals surface area contributed by atoms with Crippen LogP contribution in [0, 0.1) is 23.2 Å². The third-order valence-corrected chi connectivity index (χ3v) is 6.80. The Morgan fingerprint density at radius 1 is 1.37 bits per heavy atom. The van der Waals surface area contributed by atoms with Crippen molar-refractivity contribution in [1.82, 2.24) is 0 Å². The molecule has 102 valence electrons. The number of nitrogens with zero attached hydrogens (tertiary/aromatic N) is 1. The molecule has 1 fully saturated rings. The van der Waals surface area contributed by atoms with E-state index in [2.05, 4.69) is 0 Å². The highest BCUT2D eigenvalue weighted by molar-refractivity contribution is 7.93. The first-order chi connectivity index (χ1) is 8.84. The summed E-state index contributed by atoms with van der Waals surface area (Å²) in [6.45, 7) is 4.10. The molecule has 1 aromatic rings. The van der Waals surface area contributed by atoms with E-state index >= 15 is 0 Å². The second-order valence-electron chi connectivity index (χ2n) is 5.45. The molecule has 2 rings (SSSR count). The number of nitriles is 1. The first kappa shape index (κ1) is 14.4. The van der Waals surface area contributed by atoms with E-state index in [1.807, 2.05) is 19.9 Å². The van der Waals surface area contributed by atoms with Gasteiger partial charge < -0.3 is 0 Å². The van der Waals surface area contributed by atoms with Crippen molar-refractivity contribution in [3.05, 3.63) is 29.3 Å². The van der Waals surface area contributed by atoms with E-state index in [0.29, 0.717) is 18.8 Å². The zero-order valence-electron chi connectivity index (χ0n) is 10.9. The average molecular weight is 298 g/mol. The van der Waals surface area contributed by atoms with Crippen LogP contribution >= 0.6 is 11.6 Å². The zero-order valence-corrected chi connectivity index (χ0v) is 12.5. The molecule has 0 bridgehead atoms. The van der Waals surface area contributed by atoms with E-state index in [1.165, 1.54) is 12.1 Å². The number of hydrogen-bond donors (Lipinski definition) is 0. The first-order valence-electron chi connectivity index (χ1n) is 6.24. The van der Waals surface area contributed by atoms with Gasteiger partial charge >= 0.3 is 0 Å². The van der Waals surface area contributed by atoms with Crippen LogP contribution in [0.3, 0.4) is 0 Å². The molecule has 0 aliphatic heterocycles. The Morgan fingerprint density at radius 2 is 1.95 bits per heavy atom. The quantitative estimate of drug-likeness (QED) is 0.858. The Hall–Kier alpha value is -1.05. The van der Waals surface area contributed by atoms with Crippen molar-refractivity contribution in [3.8, 4) is 6.07 Å². The molecule has 1 aliphatic carbocycles. The van der Waals surface area contributed by atoms with Crippen LogP contribution in [0.2, 0.25) is 5.02 Å². The van der Waals surface area contributed by atoms with Gasteiger partial charge in [-0.05, 0) is 36.8 Å². The fraction of sp³-hybridized carbons (Fsp3) is 0.500. The predicted molar refractivity (Wildman–Crippen MR) is 74.5 cm³/mol. The molecule has 3 nitrogen and oxygen atoms in total. The Kier molecular flexibility index (Phi) is 3.63. The molecule has 0 unspecified atom stereocenters. The van der Waals surface area contributed by atoms with Crippen LogP contribution in [0.5, 0.6) is 0 Å². The molecule has 0 radical (unpaired) electrons. The number of sulfone groups is 1. The SMILES string of the molecule is CC(C)C1CC(C#N)(S(=O)(=O)c2ccccc2Cl)C1. The topological polar surface area (TPSA) is 57.9 Å². The van der Waals surface area contributed by atoms with Crippen LogP contribution < -0.4 is 0 Å². The molecule has 1 aromatic carbocycles. The number of rotatable bonds is 3. The summed E-state index contributed by atoms with van der Waals surface area (Å²) in [5.41, 5.74) is 0. The van der Waals surface area contributed by atoms with Gasteiger partial charge in [0, 0.05) is 0 Å². The molecule has 1 aliphatic rings. The van der Waals surface area contributed by atoms with Crippen molar-refractivity contribution in [3.63, 3.8) is 0 Å². The van der Waals surface area contributed by atoms with Gasteiger partial charge in [0.05, 0.1) is 16.0 Å². The highest BCUT2D eigenvalue weighted by Crippen LogP contribution is 2.49. The van der Waals surface area contributed by atoms with Gasteiger partial charge in [-0.3, -0.25) is 0 Å². The minimum Gasteiger partial charge on any atom is -0.222 e. The molecule has 0 spiro atoms. The second-order valence-corrected chi connectivity index (χ2v) is 8.09. The molecular weight excluding hydrogens is 282 g/mol. The maximum Gasteiger partial charge on any atom is 0.198 e. The van der Waals surface area contributed by atoms with Crippen LogP contribution in [-0.4, -0.2) is 13.2 Å². The van der Waals surface area contributed by atoms with E-state index in [9.17, 15) is 13.7 Å². The van der Waals surface area contributed by atoms with Crippen molar-refractivity contribution < 1.29 is 8.42 Å². The molecular formula is C14H16ClNO2S. The number of hydrogen-bond acceptors (Lipinski definition) is 3. The summed E-state index contributed by atoms with van der Waals surface area (Å²) in [5.74, 6) is 0.680. The fourth-order valence-electron chi connectivity index (χ4n) is 2.50. The van der Waals surface area contributed by atoms with Crippen LogP contribution in [0.1, 0.15) is 26.7 Å². The normalized spacial score (nSPS) is 26.8. The highest BCUT2D eigenvalue weighted by atomic mass is 35.5. The monoisotopic (exact) mass is 297 g/mol. The molecule has 0 amide bonds. The molecule has 5 heteroatoms. The summed E-state index contributed by atoms with van der Waals surface area (Å²) in [7, 11) is -3.70. The Labute approximate surface area is 119 Å². The van der Waals surface area contributed by atoms with Crippen LogP contribution in [0.25, 0.3) is 0 Å². The minimum absolute atomic E-state index is 0.0698. The summed E-state index contributed by atoms with van der Waals surface area (Å²) >= 11 is 5.96. The zero-order chi connectivity index (χ0) is 14.3. The lowest BCUT2D eigenvalue weighted by Crippen LogP contribution is -2.50. The molecule has 1 saturated carbocycles. The van der Waals surface area contributed by atoms with Gasteiger partial charge in [-0.2, -0.15) is 5.26 Å². The van der Waals surface area contributed by atoms with Crippen molar-refractivity contribution in [2.75, 3.05) is 0 Å². The smallest absolute Gasteiger partial charge is 0.198 e. The summed E-state index contributed by atoms with van der Waals surface area (Å²) in [4.78, 5) is 0.0698. The molecule has 0 aromatic heterocycles. The van der Waals surface area contributed by atoms with Crippen molar-refractivity contribution in [1.29, 1.82) is 5.26 Å². The lowest BCUT2D eigenvalue weighted by atomic mass is 9.69. The summed E-state index contributed by atoms with van der Waals surface area (Å²) < 4.78 is 24.0. The molecule has 19 heavy (non-hydrogen) atoms. The van der Waals surface area contributed by atoms with E-state index in [4.69, 9.17) is 11.6 Å². The van der Waals surface area contributed by atoms with Gasteiger partial charge in [0.2, 0.25) is 0 Å². The van der Waals surface area contributed by atoms with Gasteiger partial charge in [-0.25, -0.2) is 8.42 Å². The summed E-state index contributed by atoms with van der Waals surface area (Å²) in [6.07, 6.45) is 0.795. The second kappa shape index (κ2) is 4.81. The summed E-state index contributed by atoms with van der Waals surface area (Å²) in [5, 5.41) is 9.54. The Balaban J connectivity index is 2.41. The molecule has 0 atom stereocenters. The molecule has 0 N–H and O–H groups in total. The average Bonchev–Trinajstić information content (AvgIpc) is 2.27. The minimum atomic E-state index is -3.70. The molecule has 0 saturated heterocycles. The Bertz CT molecular complexity index is 625. The van der Waals surface area contributed by atoms with Gasteiger partial charge in [0.25, 0.3) is 0 Å². The lowest BCUT2D eigenvalue weighted by Gasteiger charge is -2.43. The van der Waals surface area contributed by atoms with Gasteiger partial charge in [0.1, 0.15) is 0 Å². The molecule has 0 heterocycles. The van der Waals surface area contributed by atoms with Crippen molar-refractivity contribution in [2.24, 2.45) is 11.8 Å². The van der Waals surface area contributed by atoms with Crippen LogP contribution in [-0.2, 0) is 9.84 Å². The maximum atomic E-state index is 12.6. The number of benzene rings is 1. The first-order valence-corrected chi connectivity index (χ1v) is 8.10. The maximum absolute atomic E-state index is 12.6. The van der Waals surface area contributed by atoms with E-state index in [1.54, 1.807) is 12.1 Å². The largest absolute Gasteiger partial charge is 0.222 e. The van der Waals surface area contributed by atoms with E-state index in [-0.39, 0.29) is 15.8 Å². The van der Waals surface area contributed by atoms with Crippen LogP contribution in [0.15, 0.2) is 29.2 Å². The number of halogens is 1. The standard InChI is InChI=1S/C14H16ClNO2S/c1-10(2)11-7-14(8-11,9-16)19(17,18)13-6-4-3-5-12(13)15/h3-6,10-11H,7-8H2,1-2H3. The van der Waals surface area contributed by atoms with Crippen molar-refractivity contribution >= 4 is 21.4 Å². The lowest BCUT2D eigenvalue weighted by molar-refractivity contribution is 0.198. The van der Waals surface area contributed by atoms with Crippen LogP contribution in [0.4, 0.5) is 0 Å². The summed E-state index contributed by atoms with van der Waals surface area (Å²) in [6, 6.07) is 8.34. The van der Waals surface area contributed by atoms with E-state index < -0.39 is 14.6 Å². The Morgan fingerprint density at radius 3 is 2.42 bits per heavy atom. The van der Waals surface area contributed by atoms with Gasteiger partial charge in [-0.15, -0.1) is 0 Å². The van der Waals surface area contributed by atoms with Crippen molar-refractivity contribution in [2.45, 2.75) is 36.3 Å². The predicted octanol–water partition coefficient (Wildman–Crippen LogP) is 3.44. The third kappa shape index (κ3) is 2.15.